The van der Waals surface area contributed by atoms with Gasteiger partial charge in [-0.2, -0.15) is 0 Å². The highest BCUT2D eigenvalue weighted by atomic mass is 15.1. The number of hydrogen-bond donors (Lipinski definition) is 1. The summed E-state index contributed by atoms with van der Waals surface area (Å²) in [6.07, 6.45) is 6.57. The summed E-state index contributed by atoms with van der Waals surface area (Å²) in [7, 11) is 0. The Morgan fingerprint density at radius 2 is 1.95 bits per heavy atom. The van der Waals surface area contributed by atoms with Crippen molar-refractivity contribution in [2.45, 2.75) is 58.5 Å². The van der Waals surface area contributed by atoms with Gasteiger partial charge in [0.1, 0.15) is 0 Å². The fourth-order valence-corrected chi connectivity index (χ4v) is 2.83. The smallest absolute Gasteiger partial charge is 0.0387 e. The minimum Gasteiger partial charge on any atom is -0.382 e. The number of likely N-dealkylation sites (tertiary alicyclic amines) is 1. The van der Waals surface area contributed by atoms with Gasteiger partial charge in [0, 0.05) is 18.3 Å². The van der Waals surface area contributed by atoms with E-state index in [9.17, 15) is 0 Å². The zero-order valence-corrected chi connectivity index (χ0v) is 12.5. The minimum atomic E-state index is 0.569. The first-order valence-corrected chi connectivity index (χ1v) is 7.86. The molecule has 0 radical (unpaired) electrons. The van der Waals surface area contributed by atoms with Gasteiger partial charge in [-0.25, -0.2) is 0 Å². The lowest BCUT2D eigenvalue weighted by atomic mass is 10.1. The van der Waals surface area contributed by atoms with E-state index in [4.69, 9.17) is 0 Å². The molecule has 0 aromatic heterocycles. The molecular weight excluding hydrogens is 232 g/mol. The van der Waals surface area contributed by atoms with Crippen molar-refractivity contribution in [3.8, 4) is 0 Å². The third kappa shape index (κ3) is 4.54. The highest BCUT2D eigenvalue weighted by molar-refractivity contribution is 5.51. The van der Waals surface area contributed by atoms with Crippen LogP contribution in [0.5, 0.6) is 0 Å². The predicted octanol–water partition coefficient (Wildman–Crippen LogP) is 4.27. The van der Waals surface area contributed by atoms with E-state index in [0.717, 1.165) is 6.54 Å². The molecule has 1 aromatic carbocycles. The van der Waals surface area contributed by atoms with E-state index < -0.39 is 0 Å². The largest absolute Gasteiger partial charge is 0.382 e. The van der Waals surface area contributed by atoms with Crippen molar-refractivity contribution in [3.63, 3.8) is 0 Å². The summed E-state index contributed by atoms with van der Waals surface area (Å²) in [4.78, 5) is 2.57. The molecule has 0 bridgehead atoms. The number of benzene rings is 1. The van der Waals surface area contributed by atoms with Crippen molar-refractivity contribution in [1.29, 1.82) is 0 Å². The van der Waals surface area contributed by atoms with E-state index in [1.54, 1.807) is 0 Å². The van der Waals surface area contributed by atoms with E-state index in [2.05, 4.69) is 48.3 Å². The van der Waals surface area contributed by atoms with Crippen LogP contribution in [-0.2, 0) is 6.54 Å². The normalized spacial score (nSPS) is 17.6. The Kier molecular flexibility index (Phi) is 5.71. The van der Waals surface area contributed by atoms with E-state index in [-0.39, 0.29) is 0 Å². The minimum absolute atomic E-state index is 0.569. The molecule has 2 rings (SSSR count). The zero-order valence-electron chi connectivity index (χ0n) is 12.5. The van der Waals surface area contributed by atoms with Gasteiger partial charge in [0.05, 0.1) is 0 Å². The van der Waals surface area contributed by atoms with Gasteiger partial charge in [0.25, 0.3) is 0 Å². The molecule has 1 saturated heterocycles. The third-order valence-electron chi connectivity index (χ3n) is 4.00. The molecule has 1 N–H and O–H groups in total. The molecular formula is C17H28N2. The molecule has 1 heterocycles. The van der Waals surface area contributed by atoms with Crippen molar-refractivity contribution in [1.82, 2.24) is 4.90 Å². The van der Waals surface area contributed by atoms with Crippen LogP contribution in [0, 0.1) is 0 Å². The van der Waals surface area contributed by atoms with Gasteiger partial charge >= 0.3 is 0 Å². The second-order valence-corrected chi connectivity index (χ2v) is 5.83. The lowest BCUT2D eigenvalue weighted by Crippen LogP contribution is -2.21. The third-order valence-corrected chi connectivity index (χ3v) is 4.00. The molecule has 1 fully saturated rings. The number of rotatable bonds is 7. The van der Waals surface area contributed by atoms with Crippen molar-refractivity contribution in [2.75, 3.05) is 18.4 Å². The SMILES string of the molecule is CCCCC(C)Nc1ccccc1CN1CCCC1. The number of hydrogen-bond acceptors (Lipinski definition) is 2. The molecule has 2 heteroatoms. The molecule has 1 unspecified atom stereocenters. The maximum atomic E-state index is 3.69. The molecule has 0 amide bonds. The first-order valence-electron chi connectivity index (χ1n) is 7.86. The highest BCUT2D eigenvalue weighted by Gasteiger charge is 2.14. The van der Waals surface area contributed by atoms with Crippen LogP contribution in [0.2, 0.25) is 0 Å². The van der Waals surface area contributed by atoms with E-state index >= 15 is 0 Å². The summed E-state index contributed by atoms with van der Waals surface area (Å²) in [5.41, 5.74) is 2.78. The van der Waals surface area contributed by atoms with Crippen LogP contribution in [0.15, 0.2) is 24.3 Å². The maximum absolute atomic E-state index is 3.69. The average molecular weight is 260 g/mol. The second kappa shape index (κ2) is 7.54. The summed E-state index contributed by atoms with van der Waals surface area (Å²) in [5, 5.41) is 3.69. The summed E-state index contributed by atoms with van der Waals surface area (Å²) >= 11 is 0. The molecule has 0 aliphatic carbocycles. The van der Waals surface area contributed by atoms with Gasteiger partial charge in [-0.15, -0.1) is 0 Å². The van der Waals surface area contributed by atoms with Crippen LogP contribution >= 0.6 is 0 Å². The maximum Gasteiger partial charge on any atom is 0.0387 e. The monoisotopic (exact) mass is 260 g/mol. The molecule has 0 saturated carbocycles. The Balaban J connectivity index is 1.94. The standard InChI is InChI=1S/C17H28N2/c1-3-4-9-15(2)18-17-11-6-5-10-16(17)14-19-12-7-8-13-19/h5-6,10-11,15,18H,3-4,7-9,12-14H2,1-2H3. The van der Waals surface area contributed by atoms with Crippen molar-refractivity contribution < 1.29 is 0 Å². The van der Waals surface area contributed by atoms with E-state index in [1.165, 1.54) is 56.4 Å². The van der Waals surface area contributed by atoms with Gasteiger partial charge in [-0.05, 0) is 50.9 Å². The lowest BCUT2D eigenvalue weighted by Gasteiger charge is -2.21. The fraction of sp³-hybridized carbons (Fsp3) is 0.647. The van der Waals surface area contributed by atoms with Crippen molar-refractivity contribution in [2.24, 2.45) is 0 Å². The number of para-hydroxylation sites is 1. The molecule has 2 nitrogen and oxygen atoms in total. The van der Waals surface area contributed by atoms with Gasteiger partial charge in [-0.3, -0.25) is 4.90 Å². The molecule has 1 aromatic rings. The predicted molar refractivity (Wildman–Crippen MR) is 83.6 cm³/mol. The average Bonchev–Trinajstić information content (AvgIpc) is 2.91. The first-order chi connectivity index (χ1) is 9.29. The Labute approximate surface area is 118 Å². The second-order valence-electron chi connectivity index (χ2n) is 5.83. The highest BCUT2D eigenvalue weighted by Crippen LogP contribution is 2.21. The number of anilines is 1. The van der Waals surface area contributed by atoms with Crippen LogP contribution < -0.4 is 5.32 Å². The van der Waals surface area contributed by atoms with Gasteiger partial charge in [0.2, 0.25) is 0 Å². The molecule has 1 atom stereocenters. The summed E-state index contributed by atoms with van der Waals surface area (Å²) in [5.74, 6) is 0. The summed E-state index contributed by atoms with van der Waals surface area (Å²) < 4.78 is 0. The quantitative estimate of drug-likeness (QED) is 0.787. The van der Waals surface area contributed by atoms with Gasteiger partial charge < -0.3 is 5.32 Å². The van der Waals surface area contributed by atoms with E-state index in [1.807, 2.05) is 0 Å². The Bertz CT molecular complexity index is 369. The molecule has 19 heavy (non-hydrogen) atoms. The van der Waals surface area contributed by atoms with Crippen LogP contribution in [0.3, 0.4) is 0 Å². The van der Waals surface area contributed by atoms with Crippen molar-refractivity contribution >= 4 is 5.69 Å². The van der Waals surface area contributed by atoms with Crippen LogP contribution in [0.1, 0.15) is 51.5 Å². The summed E-state index contributed by atoms with van der Waals surface area (Å²) in [6, 6.07) is 9.37. The van der Waals surface area contributed by atoms with Crippen molar-refractivity contribution in [3.05, 3.63) is 29.8 Å². The van der Waals surface area contributed by atoms with E-state index in [0.29, 0.717) is 6.04 Å². The Morgan fingerprint density at radius 3 is 2.68 bits per heavy atom. The fourth-order valence-electron chi connectivity index (χ4n) is 2.83. The number of nitrogens with zero attached hydrogens (tertiary/aromatic N) is 1. The molecule has 106 valence electrons. The number of unbranched alkanes of at least 4 members (excludes halogenated alkanes) is 1. The lowest BCUT2D eigenvalue weighted by molar-refractivity contribution is 0.332. The number of nitrogens with one attached hydrogen (secondary N) is 1. The van der Waals surface area contributed by atoms with Gasteiger partial charge in [0.15, 0.2) is 0 Å². The van der Waals surface area contributed by atoms with Crippen LogP contribution in [-0.4, -0.2) is 24.0 Å². The Hall–Kier alpha value is -1.02. The Morgan fingerprint density at radius 1 is 1.21 bits per heavy atom. The molecule has 1 aliphatic heterocycles. The van der Waals surface area contributed by atoms with Crippen LogP contribution in [0.4, 0.5) is 5.69 Å². The molecule has 0 spiro atoms. The topological polar surface area (TPSA) is 15.3 Å². The van der Waals surface area contributed by atoms with Crippen LogP contribution in [0.25, 0.3) is 0 Å². The summed E-state index contributed by atoms with van der Waals surface area (Å²) in [6.45, 7) is 8.18. The zero-order chi connectivity index (χ0) is 13.5. The van der Waals surface area contributed by atoms with Gasteiger partial charge in [-0.1, -0.05) is 38.0 Å². The molecule has 1 aliphatic rings. The first kappa shape index (κ1) is 14.4.